The number of carbonyl (C=O) groups is 2. The van der Waals surface area contributed by atoms with E-state index in [-0.39, 0.29) is 13.0 Å². The molecular formula is C12H18N2O5S. The molecule has 1 amide bonds. The largest absolute Gasteiger partial charge is 0.480 e. The third kappa shape index (κ3) is 4.21. The van der Waals surface area contributed by atoms with Crippen molar-refractivity contribution in [2.24, 2.45) is 0 Å². The molecule has 7 nitrogen and oxygen atoms in total. The van der Waals surface area contributed by atoms with Crippen LogP contribution in [-0.4, -0.2) is 54.6 Å². The van der Waals surface area contributed by atoms with Crippen LogP contribution in [0, 0.1) is 12.3 Å². The summed E-state index contributed by atoms with van der Waals surface area (Å²) < 4.78 is 24.4. The van der Waals surface area contributed by atoms with Crippen LogP contribution < -0.4 is 5.32 Å². The lowest BCUT2D eigenvalue weighted by Gasteiger charge is -2.33. The van der Waals surface area contributed by atoms with Gasteiger partial charge in [-0.1, -0.05) is 6.42 Å². The fourth-order valence-corrected chi connectivity index (χ4v) is 3.27. The van der Waals surface area contributed by atoms with Crippen molar-refractivity contribution in [2.45, 2.75) is 37.8 Å². The predicted octanol–water partition coefficient (Wildman–Crippen LogP) is -0.607. The Morgan fingerprint density at radius 1 is 1.50 bits per heavy atom. The molecule has 2 N–H and O–H groups in total. The molecule has 0 aliphatic carbocycles. The quantitative estimate of drug-likeness (QED) is 0.660. The Morgan fingerprint density at radius 3 is 2.65 bits per heavy atom. The molecule has 112 valence electrons. The fourth-order valence-electron chi connectivity index (χ4n) is 2.15. The first-order chi connectivity index (χ1) is 9.27. The van der Waals surface area contributed by atoms with Crippen molar-refractivity contribution in [1.82, 2.24) is 9.62 Å². The molecule has 1 rings (SSSR count). The number of carbonyl (C=O) groups excluding carboxylic acids is 1. The first kappa shape index (κ1) is 16.5. The van der Waals surface area contributed by atoms with Gasteiger partial charge < -0.3 is 10.4 Å². The molecule has 20 heavy (non-hydrogen) atoms. The Morgan fingerprint density at radius 2 is 2.15 bits per heavy atom. The van der Waals surface area contributed by atoms with E-state index in [1.807, 2.05) is 0 Å². The van der Waals surface area contributed by atoms with Crippen LogP contribution >= 0.6 is 0 Å². The maximum Gasteiger partial charge on any atom is 0.327 e. The first-order valence-corrected chi connectivity index (χ1v) is 8.05. The van der Waals surface area contributed by atoms with Crippen molar-refractivity contribution in [2.75, 3.05) is 12.8 Å². The second-order valence-electron chi connectivity index (χ2n) is 4.69. The van der Waals surface area contributed by atoms with Gasteiger partial charge in [-0.15, -0.1) is 12.3 Å². The van der Waals surface area contributed by atoms with E-state index < -0.39 is 34.0 Å². The second-order valence-corrected chi connectivity index (χ2v) is 6.63. The highest BCUT2D eigenvalue weighted by atomic mass is 32.2. The number of carboxylic acids is 1. The SMILES string of the molecule is C#CCC(NC(=O)C1CCCCN1S(C)(=O)=O)C(=O)O. The zero-order valence-corrected chi connectivity index (χ0v) is 12.0. The molecule has 1 fully saturated rings. The van der Waals surface area contributed by atoms with Gasteiger partial charge in [0.15, 0.2) is 0 Å². The van der Waals surface area contributed by atoms with Crippen LogP contribution in [0.4, 0.5) is 0 Å². The van der Waals surface area contributed by atoms with Crippen LogP contribution in [0.2, 0.25) is 0 Å². The average molecular weight is 302 g/mol. The summed E-state index contributed by atoms with van der Waals surface area (Å²) in [5, 5.41) is 11.2. The number of nitrogens with one attached hydrogen (secondary N) is 1. The highest BCUT2D eigenvalue weighted by Gasteiger charge is 2.35. The zero-order chi connectivity index (χ0) is 15.3. The number of hydrogen-bond acceptors (Lipinski definition) is 4. The number of rotatable bonds is 5. The number of terminal acetylenes is 1. The standard InChI is InChI=1S/C12H18N2O5S/c1-3-6-9(12(16)17)13-11(15)10-7-4-5-8-14(10)20(2,18)19/h1,9-10H,4-8H2,2H3,(H,13,15)(H,16,17). The molecule has 1 saturated heterocycles. The monoisotopic (exact) mass is 302 g/mol. The molecule has 1 aliphatic heterocycles. The molecule has 0 spiro atoms. The van der Waals surface area contributed by atoms with Crippen LogP contribution in [0.3, 0.4) is 0 Å². The van der Waals surface area contributed by atoms with Crippen LogP contribution in [0.15, 0.2) is 0 Å². The fraction of sp³-hybridized carbons (Fsp3) is 0.667. The van der Waals surface area contributed by atoms with E-state index in [2.05, 4.69) is 11.2 Å². The highest BCUT2D eigenvalue weighted by molar-refractivity contribution is 7.88. The van der Waals surface area contributed by atoms with Gasteiger partial charge in [0.05, 0.1) is 6.26 Å². The average Bonchev–Trinajstić information content (AvgIpc) is 2.37. The molecule has 0 aromatic carbocycles. The van der Waals surface area contributed by atoms with E-state index in [4.69, 9.17) is 11.5 Å². The zero-order valence-electron chi connectivity index (χ0n) is 11.2. The van der Waals surface area contributed by atoms with Crippen LogP contribution in [-0.2, 0) is 19.6 Å². The van der Waals surface area contributed by atoms with Gasteiger partial charge in [0.2, 0.25) is 15.9 Å². The first-order valence-electron chi connectivity index (χ1n) is 6.21. The lowest BCUT2D eigenvalue weighted by atomic mass is 10.0. The normalized spacial score (nSPS) is 21.7. The summed E-state index contributed by atoms with van der Waals surface area (Å²) in [6, 6.07) is -2.06. The second kappa shape index (κ2) is 6.72. The Balaban J connectivity index is 2.83. The van der Waals surface area contributed by atoms with Gasteiger partial charge in [0.25, 0.3) is 0 Å². The van der Waals surface area contributed by atoms with Crippen molar-refractivity contribution in [3.8, 4) is 12.3 Å². The third-order valence-corrected chi connectivity index (χ3v) is 4.41. The Bertz CT molecular complexity index is 522. The minimum atomic E-state index is -3.50. The molecule has 1 aliphatic rings. The minimum Gasteiger partial charge on any atom is -0.480 e. The third-order valence-electron chi connectivity index (χ3n) is 3.12. The van der Waals surface area contributed by atoms with E-state index in [9.17, 15) is 18.0 Å². The Labute approximate surface area is 118 Å². The molecule has 0 aromatic rings. The van der Waals surface area contributed by atoms with Crippen molar-refractivity contribution >= 4 is 21.9 Å². The number of carboxylic acid groups (broad SMARTS) is 1. The Kier molecular flexibility index (Phi) is 5.53. The van der Waals surface area contributed by atoms with E-state index in [1.54, 1.807) is 0 Å². The molecule has 2 atom stereocenters. The minimum absolute atomic E-state index is 0.146. The molecule has 0 aromatic heterocycles. The topological polar surface area (TPSA) is 104 Å². The van der Waals surface area contributed by atoms with Gasteiger partial charge in [-0.3, -0.25) is 4.79 Å². The summed E-state index contributed by atoms with van der Waals surface area (Å²) in [5.41, 5.74) is 0. The summed E-state index contributed by atoms with van der Waals surface area (Å²) >= 11 is 0. The molecule has 1 heterocycles. The summed E-state index contributed by atoms with van der Waals surface area (Å²) in [4.78, 5) is 23.0. The van der Waals surface area contributed by atoms with Crippen molar-refractivity contribution in [3.63, 3.8) is 0 Å². The molecule has 0 radical (unpaired) electrons. The summed E-state index contributed by atoms with van der Waals surface area (Å²) in [6.45, 7) is 0.268. The van der Waals surface area contributed by atoms with Crippen molar-refractivity contribution < 1.29 is 23.1 Å². The lowest BCUT2D eigenvalue weighted by Crippen LogP contribution is -2.54. The summed E-state index contributed by atoms with van der Waals surface area (Å²) in [6.07, 6.45) is 7.72. The number of piperidine rings is 1. The maximum atomic E-state index is 12.1. The Hall–Kier alpha value is -1.59. The number of amides is 1. The van der Waals surface area contributed by atoms with E-state index in [0.717, 1.165) is 17.0 Å². The van der Waals surface area contributed by atoms with Crippen molar-refractivity contribution in [3.05, 3.63) is 0 Å². The number of aliphatic carboxylic acids is 1. The van der Waals surface area contributed by atoms with Gasteiger partial charge in [0.1, 0.15) is 12.1 Å². The summed E-state index contributed by atoms with van der Waals surface area (Å²) in [5.74, 6) is 0.320. The molecule has 0 saturated carbocycles. The maximum absolute atomic E-state index is 12.1. The van der Waals surface area contributed by atoms with Crippen LogP contribution in [0.1, 0.15) is 25.7 Å². The predicted molar refractivity (Wildman–Crippen MR) is 72.2 cm³/mol. The number of nitrogens with zero attached hydrogens (tertiary/aromatic N) is 1. The van der Waals surface area contributed by atoms with Gasteiger partial charge in [-0.25, -0.2) is 13.2 Å². The van der Waals surface area contributed by atoms with Crippen LogP contribution in [0.5, 0.6) is 0 Å². The molecule has 0 bridgehead atoms. The van der Waals surface area contributed by atoms with Gasteiger partial charge in [-0.05, 0) is 12.8 Å². The van der Waals surface area contributed by atoms with E-state index in [0.29, 0.717) is 12.8 Å². The van der Waals surface area contributed by atoms with E-state index >= 15 is 0 Å². The summed E-state index contributed by atoms with van der Waals surface area (Å²) in [7, 11) is -3.50. The number of hydrogen-bond donors (Lipinski definition) is 2. The number of sulfonamides is 1. The highest BCUT2D eigenvalue weighted by Crippen LogP contribution is 2.20. The van der Waals surface area contributed by atoms with E-state index in [1.165, 1.54) is 0 Å². The molecular weight excluding hydrogens is 284 g/mol. The molecule has 8 heteroatoms. The van der Waals surface area contributed by atoms with Crippen LogP contribution in [0.25, 0.3) is 0 Å². The van der Waals surface area contributed by atoms with Crippen molar-refractivity contribution in [1.29, 1.82) is 0 Å². The molecule has 2 unspecified atom stereocenters. The van der Waals surface area contributed by atoms with Gasteiger partial charge >= 0.3 is 5.97 Å². The lowest BCUT2D eigenvalue weighted by molar-refractivity contribution is -0.142. The van der Waals surface area contributed by atoms with Gasteiger partial charge in [-0.2, -0.15) is 4.31 Å². The van der Waals surface area contributed by atoms with Gasteiger partial charge in [0, 0.05) is 13.0 Å². The smallest absolute Gasteiger partial charge is 0.327 e.